The molecule has 304 valence electrons. The van der Waals surface area contributed by atoms with Gasteiger partial charge in [-0.15, -0.1) is 0 Å². The molecule has 0 aliphatic heterocycles. The van der Waals surface area contributed by atoms with Gasteiger partial charge in [-0.2, -0.15) is 0 Å². The highest BCUT2D eigenvalue weighted by atomic mass is 16.6. The van der Waals surface area contributed by atoms with Crippen molar-refractivity contribution in [1.29, 1.82) is 0 Å². The van der Waals surface area contributed by atoms with Crippen LogP contribution < -0.4 is 0 Å². The SMILES string of the molecule is CC/C=C\C/C=C\C/C=C\C/C=C\C=C/C(O)C/C=C\CCC(=O)OC[C@H](CO)OC(=O)CCCCCCCCCCCCCCCCCCCCC. The normalized spacial score (nSPS) is 13.5. The topological polar surface area (TPSA) is 93.1 Å². The largest absolute Gasteiger partial charge is 0.462 e. The smallest absolute Gasteiger partial charge is 0.306 e. The fourth-order valence-electron chi connectivity index (χ4n) is 5.84. The van der Waals surface area contributed by atoms with Gasteiger partial charge in [0.05, 0.1) is 12.7 Å². The quantitative estimate of drug-likeness (QED) is 0.0283. The molecule has 0 aromatic carbocycles. The first-order valence-electron chi connectivity index (χ1n) is 21.6. The second kappa shape index (κ2) is 42.0. The van der Waals surface area contributed by atoms with Crippen LogP contribution in [0.25, 0.3) is 0 Å². The highest BCUT2D eigenvalue weighted by molar-refractivity contribution is 5.70. The first kappa shape index (κ1) is 50.3. The lowest BCUT2D eigenvalue weighted by atomic mass is 10.0. The Balaban J connectivity index is 3.73. The second-order valence-electron chi connectivity index (χ2n) is 14.2. The molecule has 0 aromatic heterocycles. The molecule has 0 fully saturated rings. The minimum Gasteiger partial charge on any atom is -0.462 e. The third-order valence-corrected chi connectivity index (χ3v) is 9.11. The molecule has 0 radical (unpaired) electrons. The third kappa shape index (κ3) is 40.3. The molecule has 0 aromatic rings. The van der Waals surface area contributed by atoms with Gasteiger partial charge >= 0.3 is 11.9 Å². The predicted molar refractivity (Wildman–Crippen MR) is 225 cm³/mol. The Bertz CT molecular complexity index is 991. The maximum absolute atomic E-state index is 12.2. The van der Waals surface area contributed by atoms with E-state index in [1.165, 1.54) is 103 Å². The molecular weight excluding hydrogens is 661 g/mol. The zero-order valence-electron chi connectivity index (χ0n) is 34.1. The number of aliphatic hydroxyl groups is 2. The van der Waals surface area contributed by atoms with E-state index in [-0.39, 0.29) is 25.6 Å². The number of carbonyl (C=O) groups is 2. The van der Waals surface area contributed by atoms with Crippen molar-refractivity contribution in [3.05, 3.63) is 72.9 Å². The summed E-state index contributed by atoms with van der Waals surface area (Å²) < 4.78 is 10.5. The summed E-state index contributed by atoms with van der Waals surface area (Å²) in [5.74, 6) is -0.771. The van der Waals surface area contributed by atoms with E-state index in [1.807, 2.05) is 30.4 Å². The van der Waals surface area contributed by atoms with Crippen LogP contribution in [0.5, 0.6) is 0 Å². The van der Waals surface area contributed by atoms with Gasteiger partial charge < -0.3 is 19.7 Å². The van der Waals surface area contributed by atoms with Crippen LogP contribution in [-0.2, 0) is 19.1 Å². The maximum atomic E-state index is 12.2. The van der Waals surface area contributed by atoms with Gasteiger partial charge in [-0.25, -0.2) is 0 Å². The molecule has 0 aliphatic rings. The van der Waals surface area contributed by atoms with Crippen molar-refractivity contribution in [2.75, 3.05) is 13.2 Å². The van der Waals surface area contributed by atoms with E-state index in [1.54, 1.807) is 6.08 Å². The molecule has 53 heavy (non-hydrogen) atoms. The van der Waals surface area contributed by atoms with Crippen LogP contribution in [0.2, 0.25) is 0 Å². The Morgan fingerprint density at radius 3 is 1.55 bits per heavy atom. The Hall–Kier alpha value is -2.70. The van der Waals surface area contributed by atoms with Crippen LogP contribution in [0.3, 0.4) is 0 Å². The lowest BCUT2D eigenvalue weighted by molar-refractivity contribution is -0.161. The number of rotatable bonds is 38. The Morgan fingerprint density at radius 2 is 1.04 bits per heavy atom. The molecule has 0 saturated carbocycles. The number of aliphatic hydroxyl groups excluding tert-OH is 2. The van der Waals surface area contributed by atoms with Crippen LogP contribution in [0, 0.1) is 0 Å². The minimum atomic E-state index is -0.838. The standard InChI is InChI=1S/C47H80O6/c1-3-5-7-9-11-13-15-17-18-19-20-21-22-24-26-28-30-32-36-41-47(51)53-45(42-48)43-52-46(50)40-37-33-35-39-44(49)38-34-31-29-27-25-23-16-14-12-10-8-6-4-2/h6,8,12,14,23,25,29,31,33-35,38,44-45,48-49H,3-5,7,9-11,13,15-22,24,26-28,30,32,36-37,39-43H2,1-2H3/b8-6-,14-12-,25-23-,31-29-,35-33-,38-34-/t44?,45-/m0/s1. The van der Waals surface area contributed by atoms with E-state index in [2.05, 4.69) is 50.3 Å². The van der Waals surface area contributed by atoms with Crippen molar-refractivity contribution in [1.82, 2.24) is 0 Å². The number of esters is 2. The van der Waals surface area contributed by atoms with Gasteiger partial charge in [-0.05, 0) is 44.9 Å². The summed E-state index contributed by atoms with van der Waals surface area (Å²) in [5.41, 5.74) is 0. The molecule has 0 bridgehead atoms. The van der Waals surface area contributed by atoms with E-state index in [0.717, 1.165) is 44.9 Å². The summed E-state index contributed by atoms with van der Waals surface area (Å²) in [6.45, 7) is 3.88. The van der Waals surface area contributed by atoms with E-state index >= 15 is 0 Å². The number of unbranched alkanes of at least 4 members (excludes halogenated alkanes) is 18. The average molecular weight is 741 g/mol. The molecule has 0 heterocycles. The summed E-state index contributed by atoms with van der Waals surface area (Å²) in [7, 11) is 0. The zero-order chi connectivity index (χ0) is 38.7. The van der Waals surface area contributed by atoms with Crippen molar-refractivity contribution >= 4 is 11.9 Å². The van der Waals surface area contributed by atoms with Gasteiger partial charge in [-0.1, -0.05) is 202 Å². The van der Waals surface area contributed by atoms with Gasteiger partial charge in [-0.3, -0.25) is 9.59 Å². The average Bonchev–Trinajstić information content (AvgIpc) is 3.15. The number of ether oxygens (including phenoxy) is 2. The van der Waals surface area contributed by atoms with E-state index in [4.69, 9.17) is 9.47 Å². The van der Waals surface area contributed by atoms with Crippen molar-refractivity contribution in [3.63, 3.8) is 0 Å². The van der Waals surface area contributed by atoms with Crippen molar-refractivity contribution in [3.8, 4) is 0 Å². The zero-order valence-corrected chi connectivity index (χ0v) is 34.1. The van der Waals surface area contributed by atoms with Crippen LogP contribution in [0.4, 0.5) is 0 Å². The van der Waals surface area contributed by atoms with Gasteiger partial charge in [0.15, 0.2) is 6.10 Å². The van der Waals surface area contributed by atoms with Crippen molar-refractivity contribution < 1.29 is 29.3 Å². The molecule has 0 saturated heterocycles. The van der Waals surface area contributed by atoms with Gasteiger partial charge in [0.25, 0.3) is 0 Å². The molecule has 2 atom stereocenters. The summed E-state index contributed by atoms with van der Waals surface area (Å²) in [6.07, 6.45) is 52.9. The molecule has 0 amide bonds. The number of carbonyl (C=O) groups excluding carboxylic acids is 2. The summed E-state index contributed by atoms with van der Waals surface area (Å²) in [4.78, 5) is 24.3. The molecular formula is C47H80O6. The van der Waals surface area contributed by atoms with E-state index in [9.17, 15) is 19.8 Å². The van der Waals surface area contributed by atoms with Gasteiger partial charge in [0.1, 0.15) is 6.61 Å². The Morgan fingerprint density at radius 1 is 0.547 bits per heavy atom. The molecule has 0 rings (SSSR count). The fraction of sp³-hybridized carbons (Fsp3) is 0.702. The maximum Gasteiger partial charge on any atom is 0.306 e. The molecule has 6 heteroatoms. The van der Waals surface area contributed by atoms with E-state index in [0.29, 0.717) is 19.3 Å². The van der Waals surface area contributed by atoms with Crippen LogP contribution in [-0.4, -0.2) is 47.6 Å². The first-order chi connectivity index (χ1) is 26.0. The van der Waals surface area contributed by atoms with E-state index < -0.39 is 18.2 Å². The summed E-state index contributed by atoms with van der Waals surface area (Å²) in [6, 6.07) is 0. The molecule has 6 nitrogen and oxygen atoms in total. The highest BCUT2D eigenvalue weighted by Gasteiger charge is 2.16. The first-order valence-corrected chi connectivity index (χ1v) is 21.6. The number of allylic oxidation sites excluding steroid dienone is 10. The molecule has 0 spiro atoms. The second-order valence-corrected chi connectivity index (χ2v) is 14.2. The van der Waals surface area contributed by atoms with Gasteiger partial charge in [0.2, 0.25) is 0 Å². The Kier molecular flexibility index (Phi) is 39.9. The summed E-state index contributed by atoms with van der Waals surface area (Å²) in [5, 5.41) is 19.7. The molecule has 0 aliphatic carbocycles. The minimum absolute atomic E-state index is 0.148. The van der Waals surface area contributed by atoms with Crippen molar-refractivity contribution in [2.45, 2.75) is 199 Å². The van der Waals surface area contributed by atoms with Crippen LogP contribution in [0.1, 0.15) is 187 Å². The molecule has 2 N–H and O–H groups in total. The monoisotopic (exact) mass is 741 g/mol. The van der Waals surface area contributed by atoms with Crippen LogP contribution >= 0.6 is 0 Å². The Labute approximate surface area is 326 Å². The highest BCUT2D eigenvalue weighted by Crippen LogP contribution is 2.15. The fourth-order valence-corrected chi connectivity index (χ4v) is 5.84. The third-order valence-electron chi connectivity index (χ3n) is 9.11. The summed E-state index contributed by atoms with van der Waals surface area (Å²) >= 11 is 0. The lowest BCUT2D eigenvalue weighted by Crippen LogP contribution is -2.28. The lowest BCUT2D eigenvalue weighted by Gasteiger charge is -2.15. The number of hydrogen-bond acceptors (Lipinski definition) is 6. The molecule has 1 unspecified atom stereocenters. The predicted octanol–water partition coefficient (Wildman–Crippen LogP) is 12.7. The van der Waals surface area contributed by atoms with Crippen LogP contribution in [0.15, 0.2) is 72.9 Å². The van der Waals surface area contributed by atoms with Gasteiger partial charge in [0, 0.05) is 12.8 Å². The number of hydrogen-bond donors (Lipinski definition) is 2. The van der Waals surface area contributed by atoms with Crippen molar-refractivity contribution in [2.24, 2.45) is 0 Å².